The molecule has 4 nitrogen and oxygen atoms in total. The van der Waals surface area contributed by atoms with Gasteiger partial charge in [0, 0.05) is 45.3 Å². The Bertz CT molecular complexity index is 3100. The molecule has 0 aliphatic carbocycles. The first-order valence-corrected chi connectivity index (χ1v) is 17.7. The fraction of sp³-hybridized carbons (Fsp3) is 0. The highest BCUT2D eigenvalue weighted by molar-refractivity contribution is 6.27. The van der Waals surface area contributed by atoms with Gasteiger partial charge in [-0.15, -0.1) is 0 Å². The second-order valence-electron chi connectivity index (χ2n) is 13.4. The Balaban J connectivity index is 1.33. The third kappa shape index (κ3) is 4.21. The Kier molecular flexibility index (Phi) is 6.22. The van der Waals surface area contributed by atoms with E-state index in [-0.39, 0.29) is 0 Å². The predicted molar refractivity (Wildman–Crippen MR) is 217 cm³/mol. The van der Waals surface area contributed by atoms with E-state index in [9.17, 15) is 0 Å². The number of rotatable bonds is 4. The van der Waals surface area contributed by atoms with Crippen LogP contribution < -0.4 is 0 Å². The molecule has 0 saturated carbocycles. The normalized spacial score (nSPS) is 11.8. The topological polar surface area (TPSA) is 35.6 Å². The second-order valence-corrected chi connectivity index (χ2v) is 13.4. The van der Waals surface area contributed by atoms with Crippen LogP contribution in [0.15, 0.2) is 182 Å². The molecule has 0 radical (unpaired) electrons. The van der Waals surface area contributed by atoms with Crippen molar-refractivity contribution in [3.63, 3.8) is 0 Å². The minimum atomic E-state index is 0.872. The van der Waals surface area contributed by atoms with Gasteiger partial charge in [-0.2, -0.15) is 0 Å². The lowest BCUT2D eigenvalue weighted by Gasteiger charge is -2.15. The lowest BCUT2D eigenvalue weighted by Crippen LogP contribution is -1.99. The molecule has 11 rings (SSSR count). The first-order chi connectivity index (χ1) is 25.8. The summed E-state index contributed by atoms with van der Waals surface area (Å²) < 4.78 is 4.77. The Morgan fingerprint density at radius 3 is 1.58 bits per heavy atom. The molecular formula is C48H30N4. The summed E-state index contributed by atoms with van der Waals surface area (Å²) in [5.74, 6) is 0. The highest BCUT2D eigenvalue weighted by atomic mass is 15.0. The van der Waals surface area contributed by atoms with Crippen molar-refractivity contribution in [3.8, 4) is 33.6 Å². The Morgan fingerprint density at radius 2 is 0.885 bits per heavy atom. The summed E-state index contributed by atoms with van der Waals surface area (Å²) in [5, 5.41) is 6.91. The predicted octanol–water partition coefficient (Wildman–Crippen LogP) is 12.3. The summed E-state index contributed by atoms with van der Waals surface area (Å²) >= 11 is 0. The van der Waals surface area contributed by atoms with E-state index >= 15 is 0 Å². The quantitative estimate of drug-likeness (QED) is 0.188. The molecule has 0 bridgehead atoms. The summed E-state index contributed by atoms with van der Waals surface area (Å²) in [6.45, 7) is 0. The molecule has 0 unspecified atom stereocenters. The Morgan fingerprint density at radius 1 is 0.346 bits per heavy atom. The number of hydrogen-bond donors (Lipinski definition) is 0. The standard InChI is InChI=1S/C48H30N4/c1-4-14-31(15-5-1)34-26-35(32-16-6-2-7-17-32)28-37(27-34)52-43-25-24-33-18-10-11-21-38(33)44(43)41-30-50-45-46(48(41)52)49-29-40-39-22-12-13-23-42(39)51(47(40)45)36-19-8-3-9-20-36/h1-30H. The number of fused-ring (bicyclic) bond motifs is 11. The zero-order valence-corrected chi connectivity index (χ0v) is 28.1. The minimum absolute atomic E-state index is 0.872. The first-order valence-electron chi connectivity index (χ1n) is 17.7. The van der Waals surface area contributed by atoms with E-state index in [0.717, 1.165) is 71.8 Å². The van der Waals surface area contributed by atoms with Crippen LogP contribution in [0.4, 0.5) is 0 Å². The van der Waals surface area contributed by atoms with Crippen LogP contribution in [0.3, 0.4) is 0 Å². The van der Waals surface area contributed by atoms with Crippen LogP contribution in [-0.2, 0) is 0 Å². The molecule has 0 N–H and O–H groups in total. The van der Waals surface area contributed by atoms with Crippen molar-refractivity contribution < 1.29 is 0 Å². The zero-order chi connectivity index (χ0) is 34.2. The van der Waals surface area contributed by atoms with Crippen LogP contribution in [0, 0.1) is 0 Å². The molecule has 0 fully saturated rings. The van der Waals surface area contributed by atoms with E-state index in [4.69, 9.17) is 9.97 Å². The molecule has 52 heavy (non-hydrogen) atoms. The zero-order valence-electron chi connectivity index (χ0n) is 28.1. The lowest BCUT2D eigenvalue weighted by molar-refractivity contribution is 1.17. The number of hydrogen-bond acceptors (Lipinski definition) is 2. The number of aromatic nitrogens is 4. The van der Waals surface area contributed by atoms with Crippen molar-refractivity contribution in [1.82, 2.24) is 19.1 Å². The van der Waals surface area contributed by atoms with Gasteiger partial charge in [0.25, 0.3) is 0 Å². The van der Waals surface area contributed by atoms with Gasteiger partial charge in [-0.05, 0) is 75.5 Å². The number of para-hydroxylation sites is 2. The van der Waals surface area contributed by atoms with E-state index < -0.39 is 0 Å². The maximum absolute atomic E-state index is 5.32. The van der Waals surface area contributed by atoms with Gasteiger partial charge in [-0.25, -0.2) is 0 Å². The molecule has 0 saturated heterocycles. The Hall–Kier alpha value is -7.04. The van der Waals surface area contributed by atoms with Gasteiger partial charge in [-0.1, -0.05) is 127 Å². The van der Waals surface area contributed by atoms with E-state index in [1.165, 1.54) is 27.3 Å². The molecular weight excluding hydrogens is 633 g/mol. The van der Waals surface area contributed by atoms with Crippen LogP contribution in [0.1, 0.15) is 0 Å². The molecule has 11 aromatic rings. The summed E-state index contributed by atoms with van der Waals surface area (Å²) in [6.07, 6.45) is 4.13. The number of benzene rings is 7. The van der Waals surface area contributed by atoms with Crippen molar-refractivity contribution in [3.05, 3.63) is 182 Å². The van der Waals surface area contributed by atoms with Gasteiger partial charge < -0.3 is 9.13 Å². The molecule has 4 heteroatoms. The van der Waals surface area contributed by atoms with Crippen molar-refractivity contribution in [2.75, 3.05) is 0 Å². The van der Waals surface area contributed by atoms with Crippen LogP contribution in [-0.4, -0.2) is 19.1 Å². The summed E-state index contributed by atoms with van der Waals surface area (Å²) in [4.78, 5) is 10.6. The molecule has 4 aromatic heterocycles. The molecule has 242 valence electrons. The van der Waals surface area contributed by atoms with E-state index in [2.05, 4.69) is 191 Å². The van der Waals surface area contributed by atoms with Gasteiger partial charge in [0.2, 0.25) is 0 Å². The largest absolute Gasteiger partial charge is 0.307 e. The monoisotopic (exact) mass is 662 g/mol. The smallest absolute Gasteiger partial charge is 0.115 e. The maximum Gasteiger partial charge on any atom is 0.115 e. The highest BCUT2D eigenvalue weighted by Crippen LogP contribution is 2.43. The van der Waals surface area contributed by atoms with Gasteiger partial charge in [0.15, 0.2) is 0 Å². The van der Waals surface area contributed by atoms with Crippen molar-refractivity contribution in [2.45, 2.75) is 0 Å². The van der Waals surface area contributed by atoms with E-state index in [0.29, 0.717) is 0 Å². The van der Waals surface area contributed by atoms with Crippen LogP contribution in [0.5, 0.6) is 0 Å². The van der Waals surface area contributed by atoms with Gasteiger partial charge in [0.1, 0.15) is 11.0 Å². The molecule has 0 spiro atoms. The van der Waals surface area contributed by atoms with Gasteiger partial charge >= 0.3 is 0 Å². The van der Waals surface area contributed by atoms with Gasteiger partial charge in [-0.3, -0.25) is 9.97 Å². The van der Waals surface area contributed by atoms with E-state index in [1.807, 2.05) is 0 Å². The highest BCUT2D eigenvalue weighted by Gasteiger charge is 2.23. The van der Waals surface area contributed by atoms with Crippen molar-refractivity contribution >= 4 is 65.4 Å². The minimum Gasteiger partial charge on any atom is -0.307 e. The molecule has 0 atom stereocenters. The summed E-state index contributed by atoms with van der Waals surface area (Å²) in [6, 6.07) is 60.6. The van der Waals surface area contributed by atoms with Crippen LogP contribution >= 0.6 is 0 Å². The van der Waals surface area contributed by atoms with E-state index in [1.54, 1.807) is 0 Å². The fourth-order valence-corrected chi connectivity index (χ4v) is 8.25. The third-order valence-corrected chi connectivity index (χ3v) is 10.5. The number of pyridine rings is 2. The molecule has 0 amide bonds. The molecule has 0 aliphatic rings. The second kappa shape index (κ2) is 11.2. The average Bonchev–Trinajstić information content (AvgIpc) is 3.75. The maximum atomic E-state index is 5.32. The third-order valence-electron chi connectivity index (χ3n) is 10.5. The van der Waals surface area contributed by atoms with Crippen LogP contribution in [0.25, 0.3) is 99.0 Å². The van der Waals surface area contributed by atoms with Gasteiger partial charge in [0.05, 0.1) is 22.1 Å². The summed E-state index contributed by atoms with van der Waals surface area (Å²) in [7, 11) is 0. The van der Waals surface area contributed by atoms with Crippen LogP contribution in [0.2, 0.25) is 0 Å². The number of nitrogens with zero attached hydrogens (tertiary/aromatic N) is 4. The summed E-state index contributed by atoms with van der Waals surface area (Å²) in [5.41, 5.74) is 12.9. The molecule has 0 aliphatic heterocycles. The SMILES string of the molecule is c1ccc(-c2cc(-c3ccccc3)cc(-n3c4ccc5ccccc5c4c4cnc5c(ncc6c7ccccc7n(-c7ccccc7)c65)c43)c2)cc1. The fourth-order valence-electron chi connectivity index (χ4n) is 8.25. The first kappa shape index (κ1) is 28.8. The van der Waals surface area contributed by atoms with Crippen molar-refractivity contribution in [1.29, 1.82) is 0 Å². The molecule has 7 aromatic carbocycles. The Labute approximate surface area is 299 Å². The van der Waals surface area contributed by atoms with Crippen molar-refractivity contribution in [2.24, 2.45) is 0 Å². The molecule has 4 heterocycles. The lowest BCUT2D eigenvalue weighted by atomic mass is 9.98. The average molecular weight is 663 g/mol.